The molecule has 3 aromatic carbocycles. The Kier molecular flexibility index (Phi) is 8.77. The van der Waals surface area contributed by atoms with Crippen molar-refractivity contribution in [3.63, 3.8) is 0 Å². The minimum absolute atomic E-state index is 0.331. The van der Waals surface area contributed by atoms with Crippen molar-refractivity contribution >= 4 is 12.0 Å². The van der Waals surface area contributed by atoms with Crippen LogP contribution in [0.3, 0.4) is 0 Å². The fourth-order valence-electron chi connectivity index (χ4n) is 3.05. The summed E-state index contributed by atoms with van der Waals surface area (Å²) < 4.78 is 23.0. The molecule has 0 fully saturated rings. The average molecular weight is 449 g/mol. The van der Waals surface area contributed by atoms with Crippen LogP contribution in [-0.4, -0.2) is 24.3 Å². The second kappa shape index (κ2) is 12.2. The lowest BCUT2D eigenvalue weighted by molar-refractivity contribution is -0.131. The van der Waals surface area contributed by atoms with E-state index in [4.69, 9.17) is 24.1 Å². The first-order valence-corrected chi connectivity index (χ1v) is 10.8. The summed E-state index contributed by atoms with van der Waals surface area (Å²) in [6.45, 7) is 5.81. The number of ether oxygens (including phenoxy) is 4. The van der Waals surface area contributed by atoms with Crippen LogP contribution in [0.5, 0.6) is 23.0 Å². The second-order valence-corrected chi connectivity index (χ2v) is 7.11. The van der Waals surface area contributed by atoms with E-state index < -0.39 is 5.97 Å². The lowest BCUT2D eigenvalue weighted by atomic mass is 10.1. The van der Waals surface area contributed by atoms with E-state index >= 15 is 0 Å². The molecule has 0 aliphatic heterocycles. The Bertz CT molecular complexity index is 1050. The second-order valence-electron chi connectivity index (χ2n) is 7.11. The molecule has 3 aromatic rings. The van der Waals surface area contributed by atoms with Crippen LogP contribution in [-0.2, 0) is 18.0 Å². The molecule has 0 aromatic heterocycles. The molecule has 0 aliphatic rings. The number of hydrogen-bond donors (Lipinski definition) is 1. The van der Waals surface area contributed by atoms with Gasteiger partial charge in [0.1, 0.15) is 24.7 Å². The molecule has 3 rings (SSSR count). The van der Waals surface area contributed by atoms with Crippen LogP contribution in [0, 0.1) is 0 Å². The normalized spacial score (nSPS) is 10.7. The summed E-state index contributed by atoms with van der Waals surface area (Å²) in [4.78, 5) is 10.9. The number of benzene rings is 3. The molecule has 1 N–H and O–H groups in total. The Morgan fingerprint density at radius 1 is 0.727 bits per heavy atom. The van der Waals surface area contributed by atoms with Crippen molar-refractivity contribution < 1.29 is 28.8 Å². The highest BCUT2D eigenvalue weighted by molar-refractivity contribution is 5.85. The molecule has 0 saturated carbocycles. The molecule has 0 atom stereocenters. The molecule has 0 aliphatic carbocycles. The van der Waals surface area contributed by atoms with Crippen LogP contribution >= 0.6 is 0 Å². The van der Waals surface area contributed by atoms with Crippen molar-refractivity contribution in [1.29, 1.82) is 0 Å². The molecule has 0 amide bonds. The van der Waals surface area contributed by atoms with Crippen LogP contribution < -0.4 is 18.9 Å². The molecule has 0 heterocycles. The number of carboxylic acid groups (broad SMARTS) is 1. The maximum atomic E-state index is 10.9. The first kappa shape index (κ1) is 23.7. The summed E-state index contributed by atoms with van der Waals surface area (Å²) in [5.74, 6) is 1.71. The summed E-state index contributed by atoms with van der Waals surface area (Å²) in [7, 11) is 0. The third kappa shape index (κ3) is 7.61. The van der Waals surface area contributed by atoms with Gasteiger partial charge >= 0.3 is 5.97 Å². The topological polar surface area (TPSA) is 74.2 Å². The lowest BCUT2D eigenvalue weighted by Crippen LogP contribution is -2.01. The Hall–Kier alpha value is -3.93. The molecule has 172 valence electrons. The van der Waals surface area contributed by atoms with Gasteiger partial charge in [0.15, 0.2) is 11.5 Å². The van der Waals surface area contributed by atoms with Gasteiger partial charge in [0, 0.05) is 6.08 Å². The highest BCUT2D eigenvalue weighted by Gasteiger charge is 2.08. The Morgan fingerprint density at radius 3 is 1.73 bits per heavy atom. The molecule has 0 saturated heterocycles. The maximum Gasteiger partial charge on any atom is 0.328 e. The molecule has 6 nitrogen and oxygen atoms in total. The zero-order chi connectivity index (χ0) is 23.5. The van der Waals surface area contributed by atoms with Crippen molar-refractivity contribution in [1.82, 2.24) is 0 Å². The Labute approximate surface area is 194 Å². The van der Waals surface area contributed by atoms with Gasteiger partial charge in [-0.1, -0.05) is 30.3 Å². The molecular weight excluding hydrogens is 420 g/mol. The predicted molar refractivity (Wildman–Crippen MR) is 127 cm³/mol. The zero-order valence-electron chi connectivity index (χ0n) is 18.8. The van der Waals surface area contributed by atoms with Crippen molar-refractivity contribution in [3.05, 3.63) is 89.5 Å². The van der Waals surface area contributed by atoms with Crippen molar-refractivity contribution in [2.75, 3.05) is 13.2 Å². The molecule has 33 heavy (non-hydrogen) atoms. The van der Waals surface area contributed by atoms with Crippen LogP contribution in [0.15, 0.2) is 72.8 Å². The first-order chi connectivity index (χ1) is 16.1. The summed E-state index contributed by atoms with van der Waals surface area (Å²) in [5.41, 5.74) is 2.67. The van der Waals surface area contributed by atoms with Crippen LogP contribution in [0.4, 0.5) is 0 Å². The van der Waals surface area contributed by atoms with E-state index in [0.717, 1.165) is 28.7 Å². The fraction of sp³-hybridized carbons (Fsp3) is 0.222. The zero-order valence-corrected chi connectivity index (χ0v) is 18.8. The monoisotopic (exact) mass is 448 g/mol. The summed E-state index contributed by atoms with van der Waals surface area (Å²) >= 11 is 0. The van der Waals surface area contributed by atoms with E-state index in [-0.39, 0.29) is 0 Å². The van der Waals surface area contributed by atoms with Gasteiger partial charge in [0.05, 0.1) is 13.2 Å². The summed E-state index contributed by atoms with van der Waals surface area (Å²) in [5, 5.41) is 8.91. The van der Waals surface area contributed by atoms with E-state index in [1.165, 1.54) is 6.08 Å². The largest absolute Gasteiger partial charge is 0.494 e. The number of carboxylic acids is 1. The van der Waals surface area contributed by atoms with Gasteiger partial charge < -0.3 is 24.1 Å². The van der Waals surface area contributed by atoms with Gasteiger partial charge in [-0.05, 0) is 73.0 Å². The highest BCUT2D eigenvalue weighted by Crippen LogP contribution is 2.31. The lowest BCUT2D eigenvalue weighted by Gasteiger charge is -2.14. The minimum atomic E-state index is -1.01. The van der Waals surface area contributed by atoms with E-state index in [9.17, 15) is 4.79 Å². The summed E-state index contributed by atoms with van der Waals surface area (Å²) in [6, 6.07) is 20.7. The van der Waals surface area contributed by atoms with Crippen LogP contribution in [0.1, 0.15) is 30.5 Å². The van der Waals surface area contributed by atoms with Gasteiger partial charge in [0.25, 0.3) is 0 Å². The first-order valence-electron chi connectivity index (χ1n) is 10.8. The van der Waals surface area contributed by atoms with Gasteiger partial charge in [0.2, 0.25) is 0 Å². The standard InChI is InChI=1S/C27H28O6/c1-3-30-23-11-5-21(6-12-23)18-32-25-15-9-20(10-16-27(28)29)17-26(25)33-19-22-7-13-24(14-8-22)31-4-2/h5-17H,3-4,18-19H2,1-2H3,(H,28,29)/b16-10+. The molecule has 0 unspecified atom stereocenters. The number of aliphatic carboxylic acids is 1. The fourth-order valence-corrected chi connectivity index (χ4v) is 3.05. The molecule has 0 bridgehead atoms. The number of hydrogen-bond acceptors (Lipinski definition) is 5. The molecule has 0 radical (unpaired) electrons. The van der Waals surface area contributed by atoms with Crippen molar-refractivity contribution in [2.24, 2.45) is 0 Å². The SMILES string of the molecule is CCOc1ccc(COc2ccc(/C=C/C(=O)O)cc2OCc2ccc(OCC)cc2)cc1. The van der Waals surface area contributed by atoms with E-state index in [0.29, 0.717) is 43.5 Å². The van der Waals surface area contributed by atoms with E-state index in [2.05, 4.69) is 0 Å². The molecule has 6 heteroatoms. The molecule has 0 spiro atoms. The summed E-state index contributed by atoms with van der Waals surface area (Å²) in [6.07, 6.45) is 2.61. The Morgan fingerprint density at radius 2 is 1.24 bits per heavy atom. The maximum absolute atomic E-state index is 10.9. The third-order valence-electron chi connectivity index (χ3n) is 4.64. The number of rotatable bonds is 12. The highest BCUT2D eigenvalue weighted by atomic mass is 16.5. The quantitative estimate of drug-likeness (QED) is 0.356. The van der Waals surface area contributed by atoms with Crippen LogP contribution in [0.2, 0.25) is 0 Å². The van der Waals surface area contributed by atoms with Crippen LogP contribution in [0.25, 0.3) is 6.08 Å². The average Bonchev–Trinajstić information content (AvgIpc) is 2.83. The van der Waals surface area contributed by atoms with Crippen molar-refractivity contribution in [2.45, 2.75) is 27.1 Å². The predicted octanol–water partition coefficient (Wildman–Crippen LogP) is 5.74. The van der Waals surface area contributed by atoms with E-state index in [1.807, 2.05) is 62.4 Å². The smallest absolute Gasteiger partial charge is 0.328 e. The van der Waals surface area contributed by atoms with E-state index in [1.54, 1.807) is 18.2 Å². The van der Waals surface area contributed by atoms with Gasteiger partial charge in [-0.15, -0.1) is 0 Å². The number of carbonyl (C=O) groups is 1. The van der Waals surface area contributed by atoms with Gasteiger partial charge in [-0.2, -0.15) is 0 Å². The molecular formula is C27H28O6. The third-order valence-corrected chi connectivity index (χ3v) is 4.64. The van der Waals surface area contributed by atoms with Gasteiger partial charge in [-0.25, -0.2) is 4.79 Å². The Balaban J connectivity index is 1.73. The van der Waals surface area contributed by atoms with Gasteiger partial charge in [-0.3, -0.25) is 0 Å². The van der Waals surface area contributed by atoms with Crippen molar-refractivity contribution in [3.8, 4) is 23.0 Å². The minimum Gasteiger partial charge on any atom is -0.494 e.